The molecule has 112 valence electrons. The fourth-order valence-electron chi connectivity index (χ4n) is 1.61. The monoisotopic (exact) mass is 308 g/mol. The van der Waals surface area contributed by atoms with Gasteiger partial charge in [0.1, 0.15) is 0 Å². The number of anilines is 1. The van der Waals surface area contributed by atoms with Crippen molar-refractivity contribution in [1.82, 2.24) is 5.32 Å². The standard InChI is InChI=1S/C13H16ClF3N2O/c1-8(2)19-12(20)5-6-18-11-4-3-9(14)7-10(11)13(15,16)17/h3-4,7-8,18H,5-6H2,1-2H3,(H,19,20). The van der Waals surface area contributed by atoms with Crippen molar-refractivity contribution in [2.75, 3.05) is 11.9 Å². The zero-order chi connectivity index (χ0) is 15.3. The number of hydrogen-bond acceptors (Lipinski definition) is 2. The zero-order valence-electron chi connectivity index (χ0n) is 11.1. The molecule has 2 N–H and O–H groups in total. The first-order valence-corrected chi connectivity index (χ1v) is 6.48. The number of hydrogen-bond donors (Lipinski definition) is 2. The van der Waals surface area contributed by atoms with Crippen LogP contribution in [0.1, 0.15) is 25.8 Å². The van der Waals surface area contributed by atoms with Crippen molar-refractivity contribution in [2.45, 2.75) is 32.5 Å². The van der Waals surface area contributed by atoms with Crippen LogP contribution in [0, 0.1) is 0 Å². The fourth-order valence-corrected chi connectivity index (χ4v) is 1.78. The Balaban J connectivity index is 2.67. The van der Waals surface area contributed by atoms with E-state index in [2.05, 4.69) is 10.6 Å². The second-order valence-electron chi connectivity index (χ2n) is 4.59. The molecule has 1 aromatic rings. The van der Waals surface area contributed by atoms with Gasteiger partial charge in [0.15, 0.2) is 0 Å². The van der Waals surface area contributed by atoms with Crippen LogP contribution in [0.2, 0.25) is 5.02 Å². The Bertz CT molecular complexity index is 475. The van der Waals surface area contributed by atoms with Gasteiger partial charge in [-0.05, 0) is 32.0 Å². The average molecular weight is 309 g/mol. The third-order valence-electron chi connectivity index (χ3n) is 2.40. The zero-order valence-corrected chi connectivity index (χ0v) is 11.9. The van der Waals surface area contributed by atoms with Crippen LogP contribution in [0.4, 0.5) is 18.9 Å². The summed E-state index contributed by atoms with van der Waals surface area (Å²) in [4.78, 5) is 11.4. The molecule has 1 rings (SSSR count). The molecule has 7 heteroatoms. The summed E-state index contributed by atoms with van der Waals surface area (Å²) in [6, 6.07) is 3.49. The molecule has 0 aliphatic heterocycles. The predicted molar refractivity (Wildman–Crippen MR) is 72.8 cm³/mol. The van der Waals surface area contributed by atoms with Gasteiger partial charge in [0.25, 0.3) is 0 Å². The van der Waals surface area contributed by atoms with E-state index in [1.54, 1.807) is 0 Å². The fraction of sp³-hybridized carbons (Fsp3) is 0.462. The summed E-state index contributed by atoms with van der Waals surface area (Å²) in [5, 5.41) is 5.29. The van der Waals surface area contributed by atoms with Crippen molar-refractivity contribution in [1.29, 1.82) is 0 Å². The molecule has 0 radical (unpaired) electrons. The topological polar surface area (TPSA) is 41.1 Å². The van der Waals surface area contributed by atoms with E-state index < -0.39 is 11.7 Å². The summed E-state index contributed by atoms with van der Waals surface area (Å²) in [5.41, 5.74) is -0.923. The first-order valence-electron chi connectivity index (χ1n) is 6.10. The SMILES string of the molecule is CC(C)NC(=O)CCNc1ccc(Cl)cc1C(F)(F)F. The van der Waals surface area contributed by atoms with Gasteiger partial charge in [-0.1, -0.05) is 11.6 Å². The van der Waals surface area contributed by atoms with E-state index in [-0.39, 0.29) is 35.6 Å². The first kappa shape index (κ1) is 16.6. The summed E-state index contributed by atoms with van der Waals surface area (Å²) in [5.74, 6) is -0.213. The van der Waals surface area contributed by atoms with E-state index in [0.29, 0.717) is 0 Å². The molecule has 0 spiro atoms. The van der Waals surface area contributed by atoms with Crippen molar-refractivity contribution in [3.05, 3.63) is 28.8 Å². The van der Waals surface area contributed by atoms with Crippen LogP contribution in [0.5, 0.6) is 0 Å². The number of carbonyl (C=O) groups is 1. The van der Waals surface area contributed by atoms with Gasteiger partial charge in [0.05, 0.1) is 5.56 Å². The van der Waals surface area contributed by atoms with E-state index in [0.717, 1.165) is 6.07 Å². The summed E-state index contributed by atoms with van der Waals surface area (Å²) in [6.45, 7) is 3.74. The molecule has 0 aromatic heterocycles. The van der Waals surface area contributed by atoms with Crippen LogP contribution in [-0.2, 0) is 11.0 Å². The molecule has 1 amide bonds. The van der Waals surface area contributed by atoms with E-state index in [1.807, 2.05) is 13.8 Å². The third-order valence-corrected chi connectivity index (χ3v) is 2.64. The highest BCUT2D eigenvalue weighted by molar-refractivity contribution is 6.30. The molecule has 0 bridgehead atoms. The summed E-state index contributed by atoms with van der Waals surface area (Å²) in [6.07, 6.45) is -4.40. The van der Waals surface area contributed by atoms with Gasteiger partial charge in [-0.25, -0.2) is 0 Å². The van der Waals surface area contributed by atoms with Crippen molar-refractivity contribution >= 4 is 23.2 Å². The lowest BCUT2D eigenvalue weighted by Crippen LogP contribution is -2.31. The molecule has 0 atom stereocenters. The van der Waals surface area contributed by atoms with E-state index in [1.165, 1.54) is 12.1 Å². The Morgan fingerprint density at radius 2 is 2.00 bits per heavy atom. The molecule has 0 aliphatic carbocycles. The highest BCUT2D eigenvalue weighted by Gasteiger charge is 2.33. The number of carbonyl (C=O) groups excluding carboxylic acids is 1. The summed E-state index contributed by atoms with van der Waals surface area (Å²) in [7, 11) is 0. The first-order chi connectivity index (χ1) is 9.20. The second kappa shape index (κ2) is 6.83. The Labute approximate surface area is 120 Å². The average Bonchev–Trinajstić information content (AvgIpc) is 2.28. The second-order valence-corrected chi connectivity index (χ2v) is 5.02. The number of alkyl halides is 3. The van der Waals surface area contributed by atoms with Crippen molar-refractivity contribution in [2.24, 2.45) is 0 Å². The molecule has 20 heavy (non-hydrogen) atoms. The molecule has 0 saturated heterocycles. The number of halogens is 4. The molecule has 3 nitrogen and oxygen atoms in total. The third kappa shape index (κ3) is 5.28. The predicted octanol–water partition coefficient (Wildman–Crippen LogP) is 3.69. The smallest absolute Gasteiger partial charge is 0.384 e. The van der Waals surface area contributed by atoms with Gasteiger partial charge in [-0.2, -0.15) is 13.2 Å². The highest BCUT2D eigenvalue weighted by atomic mass is 35.5. The number of benzene rings is 1. The normalized spacial score (nSPS) is 11.6. The molecule has 0 saturated carbocycles. The lowest BCUT2D eigenvalue weighted by atomic mass is 10.1. The van der Waals surface area contributed by atoms with Crippen LogP contribution in [0.3, 0.4) is 0 Å². The van der Waals surface area contributed by atoms with Gasteiger partial charge < -0.3 is 10.6 Å². The summed E-state index contributed by atoms with van der Waals surface area (Å²) < 4.78 is 38.4. The molecular formula is C13H16ClF3N2O. The van der Waals surface area contributed by atoms with Gasteiger partial charge in [0.2, 0.25) is 5.91 Å². The van der Waals surface area contributed by atoms with Crippen LogP contribution >= 0.6 is 11.6 Å². The van der Waals surface area contributed by atoms with Crippen molar-refractivity contribution < 1.29 is 18.0 Å². The number of amides is 1. The summed E-state index contributed by atoms with van der Waals surface area (Å²) >= 11 is 5.57. The van der Waals surface area contributed by atoms with E-state index >= 15 is 0 Å². The number of rotatable bonds is 5. The Hall–Kier alpha value is -1.43. The minimum absolute atomic E-state index is 0.00349. The molecule has 0 heterocycles. The van der Waals surface area contributed by atoms with Gasteiger partial charge >= 0.3 is 6.18 Å². The lowest BCUT2D eigenvalue weighted by Gasteiger charge is -2.15. The number of nitrogens with one attached hydrogen (secondary N) is 2. The maximum Gasteiger partial charge on any atom is 0.418 e. The molecule has 0 aliphatic rings. The largest absolute Gasteiger partial charge is 0.418 e. The minimum atomic E-state index is -4.49. The van der Waals surface area contributed by atoms with Gasteiger partial charge in [-0.15, -0.1) is 0 Å². The molecule has 1 aromatic carbocycles. The molecule has 0 unspecified atom stereocenters. The van der Waals surface area contributed by atoms with Crippen LogP contribution in [-0.4, -0.2) is 18.5 Å². The lowest BCUT2D eigenvalue weighted by molar-refractivity contribution is -0.137. The van der Waals surface area contributed by atoms with Crippen LogP contribution in [0.15, 0.2) is 18.2 Å². The van der Waals surface area contributed by atoms with Crippen molar-refractivity contribution in [3.8, 4) is 0 Å². The maximum absolute atomic E-state index is 12.8. The Morgan fingerprint density at radius 3 is 2.55 bits per heavy atom. The minimum Gasteiger partial charge on any atom is -0.384 e. The van der Waals surface area contributed by atoms with Gasteiger partial charge in [-0.3, -0.25) is 4.79 Å². The maximum atomic E-state index is 12.8. The van der Waals surface area contributed by atoms with Gasteiger partial charge in [0, 0.05) is 29.7 Å². The Morgan fingerprint density at radius 1 is 1.35 bits per heavy atom. The molecular weight excluding hydrogens is 293 g/mol. The Kier molecular flexibility index (Phi) is 5.68. The van der Waals surface area contributed by atoms with Crippen molar-refractivity contribution in [3.63, 3.8) is 0 Å². The van der Waals surface area contributed by atoms with E-state index in [4.69, 9.17) is 11.6 Å². The van der Waals surface area contributed by atoms with Crippen LogP contribution < -0.4 is 10.6 Å². The van der Waals surface area contributed by atoms with E-state index in [9.17, 15) is 18.0 Å². The van der Waals surface area contributed by atoms with Crippen LogP contribution in [0.25, 0.3) is 0 Å². The highest BCUT2D eigenvalue weighted by Crippen LogP contribution is 2.36. The quantitative estimate of drug-likeness (QED) is 0.871. The molecule has 0 fully saturated rings.